The first-order valence-corrected chi connectivity index (χ1v) is 8.19. The number of carbonyl (C=O) groups excluding carboxylic acids is 1. The number of nitrogens with zero attached hydrogens (tertiary/aromatic N) is 1. The van der Waals surface area contributed by atoms with Gasteiger partial charge in [0.2, 0.25) is 5.91 Å². The first-order chi connectivity index (χ1) is 9.83. The average Bonchev–Trinajstić information content (AvgIpc) is 3.23. The fourth-order valence-electron chi connectivity index (χ4n) is 2.75. The van der Waals surface area contributed by atoms with Crippen molar-refractivity contribution in [2.75, 3.05) is 25.5 Å². The van der Waals surface area contributed by atoms with E-state index in [4.69, 9.17) is 9.47 Å². The summed E-state index contributed by atoms with van der Waals surface area (Å²) in [5.74, 6) is 3.24. The molecule has 1 saturated carbocycles. The first kappa shape index (κ1) is 12.4. The molecule has 0 bridgehead atoms. The maximum atomic E-state index is 12.3. The minimum atomic E-state index is 0.138. The number of rotatable bonds is 2. The standard InChI is InChI=1S/C15H17NO3S/c17-14(10-1-2-10)16-5-8-20-15(16)11-3-4-12-13(9-11)19-7-6-18-12/h3-4,9-10,15H,1-2,5-8H2/t15-/m1/s1. The van der Waals surface area contributed by atoms with Gasteiger partial charge >= 0.3 is 0 Å². The molecule has 1 aromatic rings. The van der Waals surface area contributed by atoms with Gasteiger partial charge in [0, 0.05) is 18.2 Å². The number of benzene rings is 1. The Kier molecular flexibility index (Phi) is 3.02. The van der Waals surface area contributed by atoms with Crippen LogP contribution in [0.2, 0.25) is 0 Å². The Morgan fingerprint density at radius 1 is 1.20 bits per heavy atom. The minimum Gasteiger partial charge on any atom is -0.486 e. The van der Waals surface area contributed by atoms with Gasteiger partial charge in [-0.25, -0.2) is 0 Å². The number of amides is 1. The van der Waals surface area contributed by atoms with E-state index in [0.29, 0.717) is 19.1 Å². The lowest BCUT2D eigenvalue weighted by molar-refractivity contribution is -0.132. The molecule has 1 aliphatic carbocycles. The molecule has 0 radical (unpaired) electrons. The van der Waals surface area contributed by atoms with E-state index in [1.807, 2.05) is 28.8 Å². The van der Waals surface area contributed by atoms with Crippen molar-refractivity contribution in [1.29, 1.82) is 0 Å². The van der Waals surface area contributed by atoms with E-state index < -0.39 is 0 Å². The van der Waals surface area contributed by atoms with Crippen molar-refractivity contribution in [3.63, 3.8) is 0 Å². The molecule has 2 heterocycles. The SMILES string of the molecule is O=C(C1CC1)N1CCS[C@@H]1c1ccc2c(c1)OCCO2. The summed E-state index contributed by atoms with van der Waals surface area (Å²) in [6.45, 7) is 2.06. The quantitative estimate of drug-likeness (QED) is 0.839. The minimum absolute atomic E-state index is 0.138. The maximum absolute atomic E-state index is 12.3. The fraction of sp³-hybridized carbons (Fsp3) is 0.533. The molecule has 1 atom stereocenters. The zero-order chi connectivity index (χ0) is 13.5. The van der Waals surface area contributed by atoms with Crippen LogP contribution in [0.4, 0.5) is 0 Å². The second-order valence-corrected chi connectivity index (χ2v) is 6.62. The molecule has 20 heavy (non-hydrogen) atoms. The molecule has 0 spiro atoms. The second kappa shape index (κ2) is 4.88. The predicted molar refractivity (Wildman–Crippen MR) is 77.1 cm³/mol. The van der Waals surface area contributed by atoms with Crippen molar-refractivity contribution in [2.45, 2.75) is 18.2 Å². The van der Waals surface area contributed by atoms with Crippen molar-refractivity contribution in [1.82, 2.24) is 4.90 Å². The summed E-state index contributed by atoms with van der Waals surface area (Å²) in [5, 5.41) is 0.138. The highest BCUT2D eigenvalue weighted by molar-refractivity contribution is 7.99. The van der Waals surface area contributed by atoms with Crippen molar-refractivity contribution < 1.29 is 14.3 Å². The molecular formula is C15H17NO3S. The Balaban J connectivity index is 1.60. The number of thioether (sulfide) groups is 1. The molecule has 1 amide bonds. The number of fused-ring (bicyclic) bond motifs is 1. The van der Waals surface area contributed by atoms with E-state index in [-0.39, 0.29) is 11.3 Å². The lowest BCUT2D eigenvalue weighted by Crippen LogP contribution is -2.31. The molecule has 1 aromatic carbocycles. The van der Waals surface area contributed by atoms with Crippen molar-refractivity contribution in [3.8, 4) is 11.5 Å². The van der Waals surface area contributed by atoms with Gasteiger partial charge in [0.15, 0.2) is 11.5 Å². The number of hydrogen-bond donors (Lipinski definition) is 0. The van der Waals surface area contributed by atoms with Crippen LogP contribution in [0.3, 0.4) is 0 Å². The predicted octanol–water partition coefficient (Wildman–Crippen LogP) is 2.44. The average molecular weight is 291 g/mol. The Bertz CT molecular complexity index is 544. The third-order valence-corrected chi connectivity index (χ3v) is 5.21. The van der Waals surface area contributed by atoms with Crippen LogP contribution < -0.4 is 9.47 Å². The zero-order valence-corrected chi connectivity index (χ0v) is 12.0. The molecule has 1 saturated heterocycles. The monoisotopic (exact) mass is 291 g/mol. The van der Waals surface area contributed by atoms with Crippen molar-refractivity contribution in [3.05, 3.63) is 23.8 Å². The van der Waals surface area contributed by atoms with Gasteiger partial charge in [-0.05, 0) is 30.5 Å². The summed E-state index contributed by atoms with van der Waals surface area (Å²) >= 11 is 1.84. The molecule has 5 heteroatoms. The van der Waals surface area contributed by atoms with Crippen LogP contribution in [0.5, 0.6) is 11.5 Å². The summed E-state index contributed by atoms with van der Waals surface area (Å²) < 4.78 is 11.2. The van der Waals surface area contributed by atoms with Crippen LogP contribution in [0.1, 0.15) is 23.8 Å². The largest absolute Gasteiger partial charge is 0.486 e. The number of hydrogen-bond acceptors (Lipinski definition) is 4. The van der Waals surface area contributed by atoms with E-state index in [1.54, 1.807) is 0 Å². The van der Waals surface area contributed by atoms with Crippen LogP contribution in [0.25, 0.3) is 0 Å². The molecule has 0 unspecified atom stereocenters. The van der Waals surface area contributed by atoms with Gasteiger partial charge in [0.25, 0.3) is 0 Å². The van der Waals surface area contributed by atoms with Crippen LogP contribution in [-0.4, -0.2) is 36.3 Å². The van der Waals surface area contributed by atoms with Gasteiger partial charge in [-0.15, -0.1) is 11.8 Å². The van der Waals surface area contributed by atoms with Gasteiger partial charge in [-0.3, -0.25) is 4.79 Å². The number of ether oxygens (including phenoxy) is 2. The first-order valence-electron chi connectivity index (χ1n) is 7.14. The Morgan fingerprint density at radius 2 is 2.00 bits per heavy atom. The van der Waals surface area contributed by atoms with E-state index in [0.717, 1.165) is 42.2 Å². The topological polar surface area (TPSA) is 38.8 Å². The highest BCUT2D eigenvalue weighted by Crippen LogP contribution is 2.44. The molecule has 0 aromatic heterocycles. The van der Waals surface area contributed by atoms with E-state index >= 15 is 0 Å². The summed E-state index contributed by atoms with van der Waals surface area (Å²) in [4.78, 5) is 14.4. The smallest absolute Gasteiger partial charge is 0.226 e. The number of carbonyl (C=O) groups is 1. The Hall–Kier alpha value is -1.36. The molecule has 2 fully saturated rings. The molecule has 106 valence electrons. The van der Waals surface area contributed by atoms with Crippen molar-refractivity contribution in [2.24, 2.45) is 5.92 Å². The third-order valence-electron chi connectivity index (χ3n) is 3.95. The Morgan fingerprint density at radius 3 is 2.80 bits per heavy atom. The van der Waals surface area contributed by atoms with Crippen LogP contribution in [0, 0.1) is 5.92 Å². The summed E-state index contributed by atoms with van der Waals surface area (Å²) in [7, 11) is 0. The molecule has 2 aliphatic heterocycles. The summed E-state index contributed by atoms with van der Waals surface area (Å²) in [5.41, 5.74) is 1.14. The van der Waals surface area contributed by atoms with Gasteiger partial charge in [0.05, 0.1) is 0 Å². The summed E-state index contributed by atoms with van der Waals surface area (Å²) in [6.07, 6.45) is 2.13. The van der Waals surface area contributed by atoms with Gasteiger partial charge in [-0.1, -0.05) is 6.07 Å². The summed E-state index contributed by atoms with van der Waals surface area (Å²) in [6, 6.07) is 6.05. The second-order valence-electron chi connectivity index (χ2n) is 5.43. The fourth-order valence-corrected chi connectivity index (χ4v) is 4.00. The third kappa shape index (κ3) is 2.14. The van der Waals surface area contributed by atoms with Crippen LogP contribution in [0.15, 0.2) is 18.2 Å². The molecular weight excluding hydrogens is 274 g/mol. The van der Waals surface area contributed by atoms with E-state index in [1.165, 1.54) is 0 Å². The molecule has 3 aliphatic rings. The van der Waals surface area contributed by atoms with Gasteiger partial charge in [0.1, 0.15) is 18.6 Å². The molecule has 4 rings (SSSR count). The van der Waals surface area contributed by atoms with Crippen LogP contribution in [-0.2, 0) is 4.79 Å². The zero-order valence-electron chi connectivity index (χ0n) is 11.2. The molecule has 4 nitrogen and oxygen atoms in total. The lowest BCUT2D eigenvalue weighted by Gasteiger charge is -2.26. The normalized spacial score (nSPS) is 24.8. The van der Waals surface area contributed by atoms with Crippen LogP contribution >= 0.6 is 11.8 Å². The highest BCUT2D eigenvalue weighted by atomic mass is 32.2. The maximum Gasteiger partial charge on any atom is 0.226 e. The highest BCUT2D eigenvalue weighted by Gasteiger charge is 2.39. The molecule has 0 N–H and O–H groups in total. The van der Waals surface area contributed by atoms with E-state index in [9.17, 15) is 4.79 Å². The van der Waals surface area contributed by atoms with Gasteiger partial charge < -0.3 is 14.4 Å². The van der Waals surface area contributed by atoms with Crippen molar-refractivity contribution >= 4 is 17.7 Å². The van der Waals surface area contributed by atoms with Gasteiger partial charge in [-0.2, -0.15) is 0 Å². The van der Waals surface area contributed by atoms with E-state index in [2.05, 4.69) is 6.07 Å². The Labute approximate surface area is 122 Å². The lowest BCUT2D eigenvalue weighted by atomic mass is 10.1.